The van der Waals surface area contributed by atoms with Crippen molar-refractivity contribution in [3.05, 3.63) is 65.5 Å². The smallest absolute Gasteiger partial charge is 0.271 e. The first-order chi connectivity index (χ1) is 13.5. The third-order valence-corrected chi connectivity index (χ3v) is 4.75. The van der Waals surface area contributed by atoms with E-state index in [9.17, 15) is 4.79 Å². The first-order valence-electron chi connectivity index (χ1n) is 9.26. The lowest BCUT2D eigenvalue weighted by atomic mass is 10.3. The molecule has 4 aromatic rings. The van der Waals surface area contributed by atoms with Crippen LogP contribution in [0.4, 0.5) is 0 Å². The molecule has 3 aromatic heterocycles. The van der Waals surface area contributed by atoms with Crippen LogP contribution in [0, 0.1) is 13.8 Å². The lowest BCUT2D eigenvalue weighted by Crippen LogP contribution is -2.30. The van der Waals surface area contributed by atoms with Crippen molar-refractivity contribution in [1.82, 2.24) is 34.8 Å². The molecule has 28 heavy (non-hydrogen) atoms. The number of carbonyl (C=O) groups excluding carboxylic acids is 1. The number of hydrogen-bond acceptors (Lipinski definition) is 4. The fraction of sp³-hybridized carbons (Fsp3) is 0.300. The Morgan fingerprint density at radius 1 is 1.25 bits per heavy atom. The molecule has 8 heteroatoms. The highest BCUT2D eigenvalue weighted by Crippen LogP contribution is 2.14. The van der Waals surface area contributed by atoms with Gasteiger partial charge in [-0.15, -0.1) is 0 Å². The van der Waals surface area contributed by atoms with Gasteiger partial charge in [-0.25, -0.2) is 4.98 Å². The largest absolute Gasteiger partial charge is 0.349 e. The van der Waals surface area contributed by atoms with E-state index in [0.29, 0.717) is 18.8 Å². The number of nitrogens with one attached hydrogen (secondary N) is 2. The van der Waals surface area contributed by atoms with Gasteiger partial charge in [0.1, 0.15) is 5.69 Å². The van der Waals surface area contributed by atoms with Gasteiger partial charge in [0, 0.05) is 12.2 Å². The van der Waals surface area contributed by atoms with E-state index in [1.807, 2.05) is 60.4 Å². The van der Waals surface area contributed by atoms with Gasteiger partial charge in [-0.1, -0.05) is 12.1 Å². The highest BCUT2D eigenvalue weighted by atomic mass is 16.1. The minimum absolute atomic E-state index is 0.0633. The highest BCUT2D eigenvalue weighted by Gasteiger charge is 2.14. The van der Waals surface area contributed by atoms with Crippen LogP contribution in [-0.4, -0.2) is 42.0 Å². The van der Waals surface area contributed by atoms with Crippen LogP contribution in [0.3, 0.4) is 0 Å². The van der Waals surface area contributed by atoms with Crippen molar-refractivity contribution in [2.45, 2.75) is 33.4 Å². The molecular weight excluding hydrogens is 354 g/mol. The number of carbonyl (C=O) groups is 1. The standard InChI is InChI=1S/C20H23N7O/c1-13-8-14(2)27(25-13)15(3)10-21-20(28)18-9-16(23-24-18)11-26-12-22-17-6-4-5-7-19(17)26/h4-9,12,15H,10-11H2,1-3H3,(H,21,28)(H,23,24)/t15-/m0/s1. The molecule has 0 unspecified atom stereocenters. The van der Waals surface area contributed by atoms with Gasteiger partial charge >= 0.3 is 0 Å². The second-order valence-corrected chi connectivity index (χ2v) is 7.07. The Morgan fingerprint density at radius 3 is 2.86 bits per heavy atom. The zero-order chi connectivity index (χ0) is 19.7. The number of aryl methyl sites for hydroxylation is 2. The van der Waals surface area contributed by atoms with E-state index >= 15 is 0 Å². The Balaban J connectivity index is 1.39. The first kappa shape index (κ1) is 18.0. The van der Waals surface area contributed by atoms with Crippen molar-refractivity contribution in [2.24, 2.45) is 0 Å². The predicted molar refractivity (Wildman–Crippen MR) is 106 cm³/mol. The zero-order valence-corrected chi connectivity index (χ0v) is 16.2. The molecule has 0 saturated carbocycles. The predicted octanol–water partition coefficient (Wildman–Crippen LogP) is 2.61. The van der Waals surface area contributed by atoms with Gasteiger partial charge < -0.3 is 9.88 Å². The van der Waals surface area contributed by atoms with Crippen LogP contribution in [-0.2, 0) is 6.54 Å². The van der Waals surface area contributed by atoms with Crippen LogP contribution in [0.2, 0.25) is 0 Å². The van der Waals surface area contributed by atoms with Gasteiger partial charge in [0.05, 0.1) is 41.3 Å². The molecule has 0 saturated heterocycles. The van der Waals surface area contributed by atoms with Crippen molar-refractivity contribution < 1.29 is 4.79 Å². The summed E-state index contributed by atoms with van der Waals surface area (Å²) in [5.41, 5.74) is 5.26. The molecule has 1 aromatic carbocycles. The number of amides is 1. The normalized spacial score (nSPS) is 12.4. The van der Waals surface area contributed by atoms with E-state index < -0.39 is 0 Å². The Labute approximate surface area is 162 Å². The summed E-state index contributed by atoms with van der Waals surface area (Å²) in [6.07, 6.45) is 1.79. The molecule has 0 aliphatic heterocycles. The number of aromatic amines is 1. The van der Waals surface area contributed by atoms with Crippen molar-refractivity contribution >= 4 is 16.9 Å². The molecule has 0 aliphatic carbocycles. The number of fused-ring (bicyclic) bond motifs is 1. The van der Waals surface area contributed by atoms with Gasteiger partial charge in [-0.3, -0.25) is 14.6 Å². The molecular formula is C20H23N7O. The summed E-state index contributed by atoms with van der Waals surface area (Å²) in [6.45, 7) is 7.06. The first-order valence-corrected chi connectivity index (χ1v) is 9.26. The van der Waals surface area contributed by atoms with E-state index in [1.54, 1.807) is 12.4 Å². The van der Waals surface area contributed by atoms with Gasteiger partial charge in [-0.05, 0) is 45.0 Å². The number of nitrogens with zero attached hydrogens (tertiary/aromatic N) is 5. The molecule has 2 N–H and O–H groups in total. The SMILES string of the molecule is Cc1cc(C)n([C@@H](C)CNC(=O)c2cc(Cn3cnc4ccccc43)[nH]n2)n1. The quantitative estimate of drug-likeness (QED) is 0.540. The summed E-state index contributed by atoms with van der Waals surface area (Å²) in [6, 6.07) is 11.8. The second-order valence-electron chi connectivity index (χ2n) is 7.07. The third-order valence-electron chi connectivity index (χ3n) is 4.75. The highest BCUT2D eigenvalue weighted by molar-refractivity contribution is 5.92. The summed E-state index contributed by atoms with van der Waals surface area (Å²) >= 11 is 0. The van der Waals surface area contributed by atoms with Crippen LogP contribution >= 0.6 is 0 Å². The van der Waals surface area contributed by atoms with Crippen molar-refractivity contribution in [3.63, 3.8) is 0 Å². The monoisotopic (exact) mass is 377 g/mol. The lowest BCUT2D eigenvalue weighted by Gasteiger charge is -2.14. The number of para-hydroxylation sites is 2. The van der Waals surface area contributed by atoms with Gasteiger partial charge in [0.15, 0.2) is 0 Å². The summed E-state index contributed by atoms with van der Waals surface area (Å²) in [4.78, 5) is 16.8. The number of imidazole rings is 1. The minimum atomic E-state index is -0.202. The average Bonchev–Trinajstić information content (AvgIpc) is 3.39. The molecule has 8 nitrogen and oxygen atoms in total. The average molecular weight is 377 g/mol. The Morgan fingerprint density at radius 2 is 2.07 bits per heavy atom. The Hall–Kier alpha value is -3.42. The molecule has 144 valence electrons. The summed E-state index contributed by atoms with van der Waals surface area (Å²) in [5.74, 6) is -0.202. The molecule has 1 atom stereocenters. The second kappa shape index (κ2) is 7.30. The molecule has 0 spiro atoms. The van der Waals surface area contributed by atoms with Crippen LogP contribution in [0.15, 0.2) is 42.7 Å². The molecule has 1 amide bonds. The molecule has 0 aliphatic rings. The third kappa shape index (κ3) is 3.53. The Bertz CT molecular complexity index is 1120. The molecule has 0 fully saturated rings. The van der Waals surface area contributed by atoms with E-state index in [0.717, 1.165) is 28.1 Å². The van der Waals surface area contributed by atoms with Crippen molar-refractivity contribution in [3.8, 4) is 0 Å². The maximum Gasteiger partial charge on any atom is 0.271 e. The fourth-order valence-electron chi connectivity index (χ4n) is 3.39. The maximum atomic E-state index is 12.5. The summed E-state index contributed by atoms with van der Waals surface area (Å²) in [5, 5.41) is 14.5. The van der Waals surface area contributed by atoms with Gasteiger partial charge in [0.2, 0.25) is 0 Å². The van der Waals surface area contributed by atoms with Crippen LogP contribution < -0.4 is 5.32 Å². The van der Waals surface area contributed by atoms with Crippen molar-refractivity contribution in [2.75, 3.05) is 6.54 Å². The topological polar surface area (TPSA) is 93.4 Å². The zero-order valence-electron chi connectivity index (χ0n) is 16.2. The number of benzene rings is 1. The number of hydrogen-bond donors (Lipinski definition) is 2. The molecule has 3 heterocycles. The maximum absolute atomic E-state index is 12.5. The van der Waals surface area contributed by atoms with E-state index in [1.165, 1.54) is 0 Å². The number of rotatable bonds is 6. The molecule has 0 radical (unpaired) electrons. The van der Waals surface area contributed by atoms with Crippen LogP contribution in [0.5, 0.6) is 0 Å². The Kier molecular flexibility index (Phi) is 4.68. The van der Waals surface area contributed by atoms with E-state index in [2.05, 4.69) is 25.6 Å². The van der Waals surface area contributed by atoms with Gasteiger partial charge in [-0.2, -0.15) is 10.2 Å². The summed E-state index contributed by atoms with van der Waals surface area (Å²) in [7, 11) is 0. The van der Waals surface area contributed by atoms with Crippen LogP contribution in [0.1, 0.15) is 40.5 Å². The molecule has 4 rings (SSSR count). The fourth-order valence-corrected chi connectivity index (χ4v) is 3.39. The summed E-state index contributed by atoms with van der Waals surface area (Å²) < 4.78 is 3.95. The van der Waals surface area contributed by atoms with E-state index in [-0.39, 0.29) is 11.9 Å². The van der Waals surface area contributed by atoms with E-state index in [4.69, 9.17) is 0 Å². The van der Waals surface area contributed by atoms with Crippen LogP contribution in [0.25, 0.3) is 11.0 Å². The number of aromatic nitrogens is 6. The number of H-pyrrole nitrogens is 1. The van der Waals surface area contributed by atoms with Crippen molar-refractivity contribution in [1.29, 1.82) is 0 Å². The lowest BCUT2D eigenvalue weighted by molar-refractivity contribution is 0.0942. The minimum Gasteiger partial charge on any atom is -0.349 e. The molecule has 0 bridgehead atoms. The van der Waals surface area contributed by atoms with Gasteiger partial charge in [0.25, 0.3) is 5.91 Å².